The van der Waals surface area contributed by atoms with Gasteiger partial charge in [-0.3, -0.25) is 4.90 Å². The van der Waals surface area contributed by atoms with Crippen molar-refractivity contribution >= 4 is 0 Å². The Labute approximate surface area is 113 Å². The van der Waals surface area contributed by atoms with E-state index in [0.29, 0.717) is 0 Å². The van der Waals surface area contributed by atoms with E-state index in [1.807, 2.05) is 0 Å². The van der Waals surface area contributed by atoms with Crippen LogP contribution in [0.15, 0.2) is 0 Å². The van der Waals surface area contributed by atoms with Crippen LogP contribution in [0.2, 0.25) is 0 Å². The van der Waals surface area contributed by atoms with Crippen molar-refractivity contribution in [1.29, 1.82) is 0 Å². The molecule has 3 fully saturated rings. The molecule has 1 saturated carbocycles. The number of nitrogens with zero attached hydrogens (tertiary/aromatic N) is 2. The summed E-state index contributed by atoms with van der Waals surface area (Å²) >= 11 is 0. The highest BCUT2D eigenvalue weighted by Crippen LogP contribution is 2.32. The molecule has 2 heterocycles. The number of piperidine rings is 1. The highest BCUT2D eigenvalue weighted by atomic mass is 15.2. The smallest absolute Gasteiger partial charge is 0.0223 e. The van der Waals surface area contributed by atoms with Crippen LogP contribution in [0.1, 0.15) is 51.9 Å². The third kappa shape index (κ3) is 2.91. The second kappa shape index (κ2) is 5.92. The molecule has 3 atom stereocenters. The lowest BCUT2D eigenvalue weighted by Gasteiger charge is -2.36. The Morgan fingerprint density at radius 3 is 2.61 bits per heavy atom. The maximum atomic E-state index is 2.81. The average molecular weight is 250 g/mol. The zero-order valence-corrected chi connectivity index (χ0v) is 12.1. The van der Waals surface area contributed by atoms with Crippen molar-refractivity contribution in [2.24, 2.45) is 11.8 Å². The van der Waals surface area contributed by atoms with Gasteiger partial charge in [0.2, 0.25) is 0 Å². The van der Waals surface area contributed by atoms with Gasteiger partial charge in [0, 0.05) is 19.1 Å². The fraction of sp³-hybridized carbons (Fsp3) is 1.00. The van der Waals surface area contributed by atoms with E-state index in [1.54, 1.807) is 0 Å². The van der Waals surface area contributed by atoms with Crippen molar-refractivity contribution < 1.29 is 0 Å². The summed E-state index contributed by atoms with van der Waals surface area (Å²) in [6, 6.07) is 0.887. The van der Waals surface area contributed by atoms with Crippen LogP contribution in [0.4, 0.5) is 0 Å². The van der Waals surface area contributed by atoms with Gasteiger partial charge in [-0.2, -0.15) is 0 Å². The molecule has 3 rings (SSSR count). The first-order valence-electron chi connectivity index (χ1n) is 8.29. The minimum atomic E-state index is 0.887. The van der Waals surface area contributed by atoms with E-state index in [-0.39, 0.29) is 0 Å². The zero-order valence-electron chi connectivity index (χ0n) is 12.1. The Morgan fingerprint density at radius 1 is 0.889 bits per heavy atom. The predicted molar refractivity (Wildman–Crippen MR) is 76.8 cm³/mol. The van der Waals surface area contributed by atoms with E-state index in [2.05, 4.69) is 16.7 Å². The molecule has 0 aromatic rings. The first-order chi connectivity index (χ1) is 8.83. The second-order valence-electron chi connectivity index (χ2n) is 6.97. The first kappa shape index (κ1) is 12.9. The zero-order chi connectivity index (χ0) is 12.4. The minimum Gasteiger partial charge on any atom is -0.301 e. The van der Waals surface area contributed by atoms with E-state index < -0.39 is 0 Å². The van der Waals surface area contributed by atoms with Gasteiger partial charge in [-0.1, -0.05) is 26.2 Å². The summed E-state index contributed by atoms with van der Waals surface area (Å²) in [5.41, 5.74) is 0. The summed E-state index contributed by atoms with van der Waals surface area (Å²) in [5, 5.41) is 0. The van der Waals surface area contributed by atoms with Crippen LogP contribution >= 0.6 is 0 Å². The largest absolute Gasteiger partial charge is 0.301 e. The maximum Gasteiger partial charge on any atom is 0.0223 e. The summed E-state index contributed by atoms with van der Waals surface area (Å²) in [6.07, 6.45) is 10.2. The molecular formula is C16H30N2. The molecule has 3 aliphatic rings. The molecule has 2 heteroatoms. The molecule has 2 saturated heterocycles. The summed E-state index contributed by atoms with van der Waals surface area (Å²) < 4.78 is 0. The average Bonchev–Trinajstić information content (AvgIpc) is 2.66. The molecule has 3 unspecified atom stereocenters. The molecule has 104 valence electrons. The SMILES string of the molecule is CC1CCCC1CN1CCCN2CCCCC2C1. The molecule has 0 aromatic heterocycles. The van der Waals surface area contributed by atoms with E-state index in [0.717, 1.165) is 17.9 Å². The van der Waals surface area contributed by atoms with Crippen LogP contribution in [0, 0.1) is 11.8 Å². The topological polar surface area (TPSA) is 6.48 Å². The number of rotatable bonds is 2. The van der Waals surface area contributed by atoms with Gasteiger partial charge in [-0.25, -0.2) is 0 Å². The van der Waals surface area contributed by atoms with Crippen LogP contribution < -0.4 is 0 Å². The summed E-state index contributed by atoms with van der Waals surface area (Å²) in [5.74, 6) is 1.98. The molecule has 0 bridgehead atoms. The lowest BCUT2D eigenvalue weighted by Crippen LogP contribution is -2.44. The molecule has 2 aliphatic heterocycles. The van der Waals surface area contributed by atoms with Crippen LogP contribution in [0.25, 0.3) is 0 Å². The Morgan fingerprint density at radius 2 is 1.78 bits per heavy atom. The van der Waals surface area contributed by atoms with Gasteiger partial charge in [-0.15, -0.1) is 0 Å². The normalized spacial score (nSPS) is 39.5. The fourth-order valence-corrected chi connectivity index (χ4v) is 4.44. The van der Waals surface area contributed by atoms with E-state index >= 15 is 0 Å². The van der Waals surface area contributed by atoms with Crippen molar-refractivity contribution in [2.75, 3.05) is 32.7 Å². The van der Waals surface area contributed by atoms with Crippen molar-refractivity contribution in [3.63, 3.8) is 0 Å². The third-order valence-electron chi connectivity index (χ3n) is 5.67. The molecule has 0 amide bonds. The number of hydrogen-bond donors (Lipinski definition) is 0. The Balaban J connectivity index is 1.55. The summed E-state index contributed by atoms with van der Waals surface area (Å²) in [7, 11) is 0. The fourth-order valence-electron chi connectivity index (χ4n) is 4.44. The van der Waals surface area contributed by atoms with E-state index in [4.69, 9.17) is 0 Å². The second-order valence-corrected chi connectivity index (χ2v) is 6.97. The first-order valence-corrected chi connectivity index (χ1v) is 8.29. The number of fused-ring (bicyclic) bond motifs is 1. The van der Waals surface area contributed by atoms with E-state index in [9.17, 15) is 0 Å². The van der Waals surface area contributed by atoms with Gasteiger partial charge in [0.05, 0.1) is 0 Å². The van der Waals surface area contributed by atoms with Gasteiger partial charge < -0.3 is 4.90 Å². The van der Waals surface area contributed by atoms with Crippen LogP contribution in [-0.4, -0.2) is 48.6 Å². The lowest BCUT2D eigenvalue weighted by molar-refractivity contribution is 0.127. The minimum absolute atomic E-state index is 0.887. The van der Waals surface area contributed by atoms with Crippen LogP contribution in [0.5, 0.6) is 0 Å². The molecule has 0 spiro atoms. The standard InChI is InChI=1S/C16H30N2/c1-14-6-4-7-15(14)12-17-9-5-11-18-10-3-2-8-16(18)13-17/h14-16H,2-13H2,1H3. The maximum absolute atomic E-state index is 2.81. The van der Waals surface area contributed by atoms with Gasteiger partial charge >= 0.3 is 0 Å². The quantitative estimate of drug-likeness (QED) is 0.743. The summed E-state index contributed by atoms with van der Waals surface area (Å²) in [6.45, 7) is 9.33. The molecule has 0 aromatic carbocycles. The van der Waals surface area contributed by atoms with Crippen molar-refractivity contribution in [3.8, 4) is 0 Å². The van der Waals surface area contributed by atoms with Crippen molar-refractivity contribution in [2.45, 2.75) is 57.9 Å². The predicted octanol–water partition coefficient (Wildman–Crippen LogP) is 2.98. The molecule has 18 heavy (non-hydrogen) atoms. The Hall–Kier alpha value is -0.0800. The third-order valence-corrected chi connectivity index (χ3v) is 5.67. The molecule has 0 radical (unpaired) electrons. The highest BCUT2D eigenvalue weighted by molar-refractivity contribution is 4.85. The monoisotopic (exact) mass is 250 g/mol. The van der Waals surface area contributed by atoms with Crippen LogP contribution in [0.3, 0.4) is 0 Å². The Kier molecular flexibility index (Phi) is 4.25. The lowest BCUT2D eigenvalue weighted by atomic mass is 9.97. The molecule has 0 N–H and O–H groups in total. The van der Waals surface area contributed by atoms with Crippen molar-refractivity contribution in [1.82, 2.24) is 9.80 Å². The van der Waals surface area contributed by atoms with Gasteiger partial charge in [0.1, 0.15) is 0 Å². The van der Waals surface area contributed by atoms with E-state index in [1.165, 1.54) is 77.7 Å². The van der Waals surface area contributed by atoms with Gasteiger partial charge in [0.15, 0.2) is 0 Å². The summed E-state index contributed by atoms with van der Waals surface area (Å²) in [4.78, 5) is 5.59. The number of hydrogen-bond acceptors (Lipinski definition) is 2. The van der Waals surface area contributed by atoms with Crippen LogP contribution in [-0.2, 0) is 0 Å². The van der Waals surface area contributed by atoms with Gasteiger partial charge in [-0.05, 0) is 57.2 Å². The Bertz CT molecular complexity index is 266. The molecule has 2 nitrogen and oxygen atoms in total. The molecule has 1 aliphatic carbocycles. The molecular weight excluding hydrogens is 220 g/mol. The highest BCUT2D eigenvalue weighted by Gasteiger charge is 2.30. The van der Waals surface area contributed by atoms with Crippen molar-refractivity contribution in [3.05, 3.63) is 0 Å². The van der Waals surface area contributed by atoms with Gasteiger partial charge in [0.25, 0.3) is 0 Å².